The second-order valence-electron chi connectivity index (χ2n) is 2.20. The molecule has 3 heteroatoms. The summed E-state index contributed by atoms with van der Waals surface area (Å²) >= 11 is 0. The Balaban J connectivity index is 4.40. The Morgan fingerprint density at radius 1 is 1.33 bits per heavy atom. The van der Waals surface area contributed by atoms with Crippen molar-refractivity contribution in [2.45, 2.75) is 26.7 Å². The summed E-state index contributed by atoms with van der Waals surface area (Å²) in [5.74, 6) is -2.77. The zero-order valence-electron chi connectivity index (χ0n) is 5.83. The van der Waals surface area contributed by atoms with Gasteiger partial charge >= 0.3 is 0 Å². The Hall–Kier alpha value is -0.600. The summed E-state index contributed by atoms with van der Waals surface area (Å²) in [6, 6.07) is 0. The minimum atomic E-state index is -2.77. The summed E-state index contributed by atoms with van der Waals surface area (Å²) in [5, 5.41) is 0. The quantitative estimate of drug-likeness (QED) is 0.583. The van der Waals surface area contributed by atoms with Gasteiger partial charge < -0.3 is 5.73 Å². The standard InChI is InChI=1S/C6H11F2N/c1-4(5(2)9)6(3,7)8/h9H2,1-3H3. The van der Waals surface area contributed by atoms with Crippen molar-refractivity contribution >= 4 is 0 Å². The van der Waals surface area contributed by atoms with Crippen LogP contribution < -0.4 is 5.73 Å². The van der Waals surface area contributed by atoms with Crippen LogP contribution in [0.2, 0.25) is 0 Å². The lowest BCUT2D eigenvalue weighted by Crippen LogP contribution is -2.15. The molecule has 0 aliphatic rings. The number of allylic oxidation sites excluding steroid dienone is 2. The number of halogens is 2. The fourth-order valence-corrected chi connectivity index (χ4v) is 0.346. The topological polar surface area (TPSA) is 26.0 Å². The zero-order valence-corrected chi connectivity index (χ0v) is 5.83. The molecule has 0 fully saturated rings. The highest BCUT2D eigenvalue weighted by molar-refractivity contribution is 5.13. The van der Waals surface area contributed by atoms with Crippen molar-refractivity contribution in [2.24, 2.45) is 5.73 Å². The van der Waals surface area contributed by atoms with Crippen LogP contribution in [0.15, 0.2) is 11.3 Å². The second kappa shape index (κ2) is 2.33. The van der Waals surface area contributed by atoms with Gasteiger partial charge in [-0.25, -0.2) is 8.78 Å². The normalized spacial score (nSPS) is 15.2. The van der Waals surface area contributed by atoms with Crippen LogP contribution in [0.25, 0.3) is 0 Å². The van der Waals surface area contributed by atoms with E-state index in [1.54, 1.807) is 0 Å². The molecule has 0 saturated heterocycles. The highest BCUT2D eigenvalue weighted by Gasteiger charge is 2.24. The molecular formula is C6H11F2N. The van der Waals surface area contributed by atoms with Gasteiger partial charge in [-0.2, -0.15) is 0 Å². The molecule has 0 rings (SSSR count). The van der Waals surface area contributed by atoms with Crippen molar-refractivity contribution < 1.29 is 8.78 Å². The van der Waals surface area contributed by atoms with Crippen molar-refractivity contribution in [3.63, 3.8) is 0 Å². The molecule has 0 heterocycles. The van der Waals surface area contributed by atoms with Crippen LogP contribution in [0.1, 0.15) is 20.8 Å². The molecule has 0 bridgehead atoms. The first-order chi connectivity index (χ1) is 3.85. The lowest BCUT2D eigenvalue weighted by Gasteiger charge is -2.11. The molecular weight excluding hydrogens is 124 g/mol. The number of rotatable bonds is 1. The van der Waals surface area contributed by atoms with Crippen LogP contribution in [-0.2, 0) is 0 Å². The molecule has 0 saturated carbocycles. The van der Waals surface area contributed by atoms with E-state index >= 15 is 0 Å². The molecule has 54 valence electrons. The maximum atomic E-state index is 12.2. The molecule has 0 unspecified atom stereocenters. The first-order valence-corrected chi connectivity index (χ1v) is 2.67. The van der Waals surface area contributed by atoms with E-state index in [1.165, 1.54) is 13.8 Å². The maximum Gasteiger partial charge on any atom is 0.268 e. The van der Waals surface area contributed by atoms with Gasteiger partial charge in [-0.05, 0) is 13.8 Å². The van der Waals surface area contributed by atoms with Crippen LogP contribution in [0.4, 0.5) is 8.78 Å². The number of hydrogen-bond acceptors (Lipinski definition) is 1. The average molecular weight is 135 g/mol. The predicted molar refractivity (Wildman–Crippen MR) is 33.2 cm³/mol. The Bertz CT molecular complexity index is 128. The third-order valence-corrected chi connectivity index (χ3v) is 1.25. The Morgan fingerprint density at radius 2 is 1.67 bits per heavy atom. The fraction of sp³-hybridized carbons (Fsp3) is 0.667. The molecule has 0 aromatic carbocycles. The Labute approximate surface area is 53.5 Å². The summed E-state index contributed by atoms with van der Waals surface area (Å²) in [4.78, 5) is 0. The lowest BCUT2D eigenvalue weighted by molar-refractivity contribution is 0.0623. The van der Waals surface area contributed by atoms with Crippen LogP contribution in [0, 0.1) is 0 Å². The smallest absolute Gasteiger partial charge is 0.268 e. The van der Waals surface area contributed by atoms with Gasteiger partial charge in [0.25, 0.3) is 5.92 Å². The van der Waals surface area contributed by atoms with Gasteiger partial charge in [0.05, 0.1) is 0 Å². The zero-order chi connectivity index (χ0) is 7.65. The molecule has 0 aromatic rings. The molecule has 0 atom stereocenters. The number of alkyl halides is 2. The largest absolute Gasteiger partial charge is 0.402 e. The highest BCUT2D eigenvalue weighted by atomic mass is 19.3. The summed E-state index contributed by atoms with van der Waals surface area (Å²) in [7, 11) is 0. The number of hydrogen-bond donors (Lipinski definition) is 1. The highest BCUT2D eigenvalue weighted by Crippen LogP contribution is 2.23. The molecule has 0 aliphatic heterocycles. The van der Waals surface area contributed by atoms with Crippen molar-refractivity contribution in [3.8, 4) is 0 Å². The van der Waals surface area contributed by atoms with E-state index in [-0.39, 0.29) is 11.3 Å². The van der Waals surface area contributed by atoms with Crippen LogP contribution >= 0.6 is 0 Å². The van der Waals surface area contributed by atoms with E-state index in [0.717, 1.165) is 6.92 Å². The molecule has 2 N–H and O–H groups in total. The van der Waals surface area contributed by atoms with Gasteiger partial charge in [-0.1, -0.05) is 0 Å². The third-order valence-electron chi connectivity index (χ3n) is 1.25. The van der Waals surface area contributed by atoms with Crippen molar-refractivity contribution in [2.75, 3.05) is 0 Å². The molecule has 0 amide bonds. The molecule has 1 nitrogen and oxygen atoms in total. The van der Waals surface area contributed by atoms with Crippen molar-refractivity contribution in [1.29, 1.82) is 0 Å². The van der Waals surface area contributed by atoms with E-state index in [1.807, 2.05) is 0 Å². The molecule has 0 radical (unpaired) electrons. The maximum absolute atomic E-state index is 12.2. The third kappa shape index (κ3) is 2.44. The van der Waals surface area contributed by atoms with Crippen LogP contribution in [0.3, 0.4) is 0 Å². The van der Waals surface area contributed by atoms with Gasteiger partial charge in [0.2, 0.25) is 0 Å². The van der Waals surface area contributed by atoms with Gasteiger partial charge in [0.1, 0.15) is 0 Å². The molecule has 0 aliphatic carbocycles. The van der Waals surface area contributed by atoms with Gasteiger partial charge in [0.15, 0.2) is 0 Å². The van der Waals surface area contributed by atoms with E-state index in [4.69, 9.17) is 5.73 Å². The monoisotopic (exact) mass is 135 g/mol. The second-order valence-corrected chi connectivity index (χ2v) is 2.20. The summed E-state index contributed by atoms with van der Waals surface area (Å²) in [6.45, 7) is 3.63. The SMILES string of the molecule is CC(N)=C(C)C(C)(F)F. The van der Waals surface area contributed by atoms with Gasteiger partial charge in [0, 0.05) is 18.2 Å². The minimum Gasteiger partial charge on any atom is -0.402 e. The van der Waals surface area contributed by atoms with Crippen molar-refractivity contribution in [3.05, 3.63) is 11.3 Å². The van der Waals surface area contributed by atoms with E-state index < -0.39 is 5.92 Å². The first kappa shape index (κ1) is 8.40. The van der Waals surface area contributed by atoms with E-state index in [2.05, 4.69) is 0 Å². The number of nitrogens with two attached hydrogens (primary N) is 1. The van der Waals surface area contributed by atoms with E-state index in [0.29, 0.717) is 0 Å². The van der Waals surface area contributed by atoms with E-state index in [9.17, 15) is 8.78 Å². The lowest BCUT2D eigenvalue weighted by atomic mass is 10.1. The summed E-state index contributed by atoms with van der Waals surface area (Å²) in [6.07, 6.45) is 0. The minimum absolute atomic E-state index is 0.0532. The van der Waals surface area contributed by atoms with Crippen molar-refractivity contribution in [1.82, 2.24) is 0 Å². The molecule has 0 spiro atoms. The van der Waals surface area contributed by atoms with Crippen LogP contribution in [-0.4, -0.2) is 5.92 Å². The predicted octanol–water partition coefficient (Wildman–Crippen LogP) is 1.89. The summed E-state index contributed by atoms with van der Waals surface area (Å²) < 4.78 is 24.5. The Morgan fingerprint density at radius 3 is 1.67 bits per heavy atom. The fourth-order valence-electron chi connectivity index (χ4n) is 0.346. The van der Waals surface area contributed by atoms with Crippen LogP contribution in [0.5, 0.6) is 0 Å². The molecule has 9 heavy (non-hydrogen) atoms. The molecule has 0 aromatic heterocycles. The van der Waals surface area contributed by atoms with Gasteiger partial charge in [-0.15, -0.1) is 0 Å². The van der Waals surface area contributed by atoms with Gasteiger partial charge in [-0.3, -0.25) is 0 Å². The average Bonchev–Trinajstić information content (AvgIpc) is 1.62. The summed E-state index contributed by atoms with van der Waals surface area (Å²) in [5.41, 5.74) is 5.27. The Kier molecular flexibility index (Phi) is 2.18. The first-order valence-electron chi connectivity index (χ1n) is 2.67.